The predicted octanol–water partition coefficient (Wildman–Crippen LogP) is 3.06. The number of hydrogen-bond acceptors (Lipinski definition) is 2. The summed E-state index contributed by atoms with van der Waals surface area (Å²) in [4.78, 5) is 9.01. The maximum atomic E-state index is 12.8. The number of nitro groups is 1. The summed E-state index contributed by atoms with van der Waals surface area (Å²) in [5.41, 5.74) is -3.00. The van der Waals surface area contributed by atoms with E-state index >= 15 is 0 Å². The van der Waals surface area contributed by atoms with Gasteiger partial charge < -0.3 is 0 Å². The molecule has 82 valence electrons. The number of hydrogen-bond donors (Lipinski definition) is 0. The van der Waals surface area contributed by atoms with E-state index < -0.39 is 28.2 Å². The van der Waals surface area contributed by atoms with E-state index in [9.17, 15) is 27.7 Å². The largest absolute Gasteiger partial charge is 0.423 e. The Bertz CT molecular complexity index is 414. The zero-order valence-corrected chi connectivity index (χ0v) is 7.43. The number of aryl methyl sites for hydroxylation is 1. The van der Waals surface area contributed by atoms with Crippen LogP contribution in [-0.2, 0) is 6.18 Å². The van der Waals surface area contributed by atoms with Gasteiger partial charge in [-0.25, -0.2) is 4.39 Å². The van der Waals surface area contributed by atoms with Crippen LogP contribution >= 0.6 is 0 Å². The molecule has 0 aliphatic rings. The first kappa shape index (κ1) is 11.4. The Hall–Kier alpha value is -1.66. The number of alkyl halides is 3. The van der Waals surface area contributed by atoms with Gasteiger partial charge in [-0.15, -0.1) is 0 Å². The summed E-state index contributed by atoms with van der Waals surface area (Å²) in [6.07, 6.45) is -4.86. The molecule has 1 rings (SSSR count). The summed E-state index contributed by atoms with van der Waals surface area (Å²) in [6, 6.07) is 0.700. The van der Waals surface area contributed by atoms with Crippen molar-refractivity contribution in [1.82, 2.24) is 0 Å². The Morgan fingerprint density at radius 3 is 2.27 bits per heavy atom. The van der Waals surface area contributed by atoms with E-state index in [-0.39, 0.29) is 11.6 Å². The van der Waals surface area contributed by atoms with Gasteiger partial charge in [0.25, 0.3) is 5.69 Å². The van der Waals surface area contributed by atoms with Crippen LogP contribution in [0.2, 0.25) is 0 Å². The SMILES string of the molecule is Cc1cc(C(F)(F)F)c([N+](=O)[O-])cc1F. The highest BCUT2D eigenvalue weighted by molar-refractivity contribution is 5.45. The fourth-order valence-corrected chi connectivity index (χ4v) is 1.05. The lowest BCUT2D eigenvalue weighted by Crippen LogP contribution is -2.10. The first-order chi connectivity index (χ1) is 6.73. The third-order valence-corrected chi connectivity index (χ3v) is 1.78. The Kier molecular flexibility index (Phi) is 2.65. The Morgan fingerprint density at radius 1 is 1.33 bits per heavy atom. The van der Waals surface area contributed by atoms with Gasteiger partial charge in [0.05, 0.1) is 11.0 Å². The number of halogens is 4. The lowest BCUT2D eigenvalue weighted by atomic mass is 10.1. The topological polar surface area (TPSA) is 43.1 Å². The van der Waals surface area contributed by atoms with Crippen molar-refractivity contribution in [2.75, 3.05) is 0 Å². The standard InChI is InChI=1S/C8H5F4NO2/c1-4-2-5(8(10,11)12)7(13(14)15)3-6(4)9/h2-3H,1H3. The molecule has 1 aromatic rings. The van der Waals surface area contributed by atoms with Crippen LogP contribution in [0.25, 0.3) is 0 Å². The first-order valence-corrected chi connectivity index (χ1v) is 3.75. The molecule has 0 aromatic heterocycles. The van der Waals surface area contributed by atoms with Gasteiger partial charge in [0.2, 0.25) is 0 Å². The van der Waals surface area contributed by atoms with Crippen LogP contribution in [0.5, 0.6) is 0 Å². The Morgan fingerprint density at radius 2 is 1.87 bits per heavy atom. The smallest absolute Gasteiger partial charge is 0.258 e. The summed E-state index contributed by atoms with van der Waals surface area (Å²) < 4.78 is 49.7. The highest BCUT2D eigenvalue weighted by Gasteiger charge is 2.38. The van der Waals surface area contributed by atoms with E-state index in [1.807, 2.05) is 0 Å². The summed E-state index contributed by atoms with van der Waals surface area (Å²) in [6.45, 7) is 1.11. The molecule has 0 saturated heterocycles. The van der Waals surface area contributed by atoms with E-state index in [2.05, 4.69) is 0 Å². The summed E-state index contributed by atoms with van der Waals surface area (Å²) in [5.74, 6) is -1.03. The van der Waals surface area contributed by atoms with E-state index in [1.165, 1.54) is 0 Å². The fraction of sp³-hybridized carbons (Fsp3) is 0.250. The van der Waals surface area contributed by atoms with Crippen LogP contribution in [0, 0.1) is 22.9 Å². The Balaban J connectivity index is 3.49. The van der Waals surface area contributed by atoms with E-state index in [0.717, 1.165) is 6.92 Å². The number of rotatable bonds is 1. The molecule has 3 nitrogen and oxygen atoms in total. The minimum Gasteiger partial charge on any atom is -0.258 e. The second kappa shape index (κ2) is 3.48. The summed E-state index contributed by atoms with van der Waals surface area (Å²) in [5, 5.41) is 10.3. The fourth-order valence-electron chi connectivity index (χ4n) is 1.05. The van der Waals surface area contributed by atoms with E-state index in [1.54, 1.807) is 0 Å². The van der Waals surface area contributed by atoms with Gasteiger partial charge in [0.15, 0.2) is 0 Å². The van der Waals surface area contributed by atoms with Crippen LogP contribution in [0.15, 0.2) is 12.1 Å². The van der Waals surface area contributed by atoms with Crippen molar-refractivity contribution >= 4 is 5.69 Å². The monoisotopic (exact) mass is 223 g/mol. The molecular formula is C8H5F4NO2. The lowest BCUT2D eigenvalue weighted by Gasteiger charge is -2.08. The van der Waals surface area contributed by atoms with Crippen LogP contribution in [0.3, 0.4) is 0 Å². The van der Waals surface area contributed by atoms with Crippen molar-refractivity contribution in [1.29, 1.82) is 0 Å². The Labute approximate surface area is 81.5 Å². The molecule has 0 bridgehead atoms. The molecule has 15 heavy (non-hydrogen) atoms. The van der Waals surface area contributed by atoms with Gasteiger partial charge in [0.1, 0.15) is 11.4 Å². The molecule has 0 fully saturated rings. The van der Waals surface area contributed by atoms with Gasteiger partial charge in [-0.1, -0.05) is 0 Å². The highest BCUT2D eigenvalue weighted by atomic mass is 19.4. The quantitative estimate of drug-likeness (QED) is 0.417. The molecule has 0 heterocycles. The zero-order valence-electron chi connectivity index (χ0n) is 7.43. The molecule has 1 aromatic carbocycles. The second-order valence-electron chi connectivity index (χ2n) is 2.87. The van der Waals surface area contributed by atoms with Crippen LogP contribution in [0.4, 0.5) is 23.2 Å². The molecule has 0 N–H and O–H groups in total. The van der Waals surface area contributed by atoms with Gasteiger partial charge in [0, 0.05) is 0 Å². The molecule has 0 saturated carbocycles. The van der Waals surface area contributed by atoms with Gasteiger partial charge in [-0.2, -0.15) is 13.2 Å². The predicted molar refractivity (Wildman–Crippen MR) is 42.8 cm³/mol. The number of nitrogens with zero attached hydrogens (tertiary/aromatic N) is 1. The average Bonchev–Trinajstić information content (AvgIpc) is 2.06. The molecule has 0 aliphatic heterocycles. The minimum atomic E-state index is -4.86. The molecule has 0 atom stereocenters. The zero-order chi connectivity index (χ0) is 11.8. The molecule has 0 unspecified atom stereocenters. The van der Waals surface area contributed by atoms with E-state index in [4.69, 9.17) is 0 Å². The normalized spacial score (nSPS) is 11.5. The molecule has 7 heteroatoms. The maximum absolute atomic E-state index is 12.8. The summed E-state index contributed by atoms with van der Waals surface area (Å²) in [7, 11) is 0. The van der Waals surface area contributed by atoms with Gasteiger partial charge in [-0.05, 0) is 18.6 Å². The average molecular weight is 223 g/mol. The molecular weight excluding hydrogens is 218 g/mol. The van der Waals surface area contributed by atoms with Crippen LogP contribution in [0.1, 0.15) is 11.1 Å². The third-order valence-electron chi connectivity index (χ3n) is 1.78. The van der Waals surface area contributed by atoms with E-state index in [0.29, 0.717) is 6.07 Å². The number of benzene rings is 1. The van der Waals surface area contributed by atoms with Crippen molar-refractivity contribution in [3.8, 4) is 0 Å². The highest BCUT2D eigenvalue weighted by Crippen LogP contribution is 2.37. The third kappa shape index (κ3) is 2.23. The van der Waals surface area contributed by atoms with Crippen molar-refractivity contribution in [3.05, 3.63) is 39.2 Å². The van der Waals surface area contributed by atoms with Crippen molar-refractivity contribution < 1.29 is 22.5 Å². The first-order valence-electron chi connectivity index (χ1n) is 3.75. The maximum Gasteiger partial charge on any atom is 0.423 e. The second-order valence-corrected chi connectivity index (χ2v) is 2.87. The molecule has 0 radical (unpaired) electrons. The van der Waals surface area contributed by atoms with Crippen molar-refractivity contribution in [3.63, 3.8) is 0 Å². The van der Waals surface area contributed by atoms with Crippen LogP contribution < -0.4 is 0 Å². The lowest BCUT2D eigenvalue weighted by molar-refractivity contribution is -0.388. The summed E-state index contributed by atoms with van der Waals surface area (Å²) >= 11 is 0. The molecule has 0 spiro atoms. The molecule has 0 aliphatic carbocycles. The van der Waals surface area contributed by atoms with Gasteiger partial charge >= 0.3 is 6.18 Å². The number of nitro benzene ring substituents is 1. The van der Waals surface area contributed by atoms with Crippen molar-refractivity contribution in [2.45, 2.75) is 13.1 Å². The minimum absolute atomic E-state index is 0.276. The van der Waals surface area contributed by atoms with Crippen LogP contribution in [-0.4, -0.2) is 4.92 Å². The molecule has 0 amide bonds. The van der Waals surface area contributed by atoms with Crippen molar-refractivity contribution in [2.24, 2.45) is 0 Å². The van der Waals surface area contributed by atoms with Gasteiger partial charge in [-0.3, -0.25) is 10.1 Å².